The van der Waals surface area contributed by atoms with Gasteiger partial charge in [-0.25, -0.2) is 0 Å². The Labute approximate surface area is 125 Å². The van der Waals surface area contributed by atoms with Crippen LogP contribution >= 0.6 is 0 Å². The number of hydrogen-bond donors (Lipinski definition) is 1. The van der Waals surface area contributed by atoms with Crippen LogP contribution in [0, 0.1) is 0 Å². The molecule has 0 amide bonds. The first-order valence-corrected chi connectivity index (χ1v) is 7.20. The molecule has 0 fully saturated rings. The van der Waals surface area contributed by atoms with Gasteiger partial charge < -0.3 is 10.5 Å². The van der Waals surface area contributed by atoms with E-state index >= 15 is 0 Å². The second-order valence-corrected chi connectivity index (χ2v) is 5.26. The van der Waals surface area contributed by atoms with Crippen LogP contribution in [0.4, 0.5) is 0 Å². The molecule has 2 rings (SSSR count). The zero-order chi connectivity index (χ0) is 15.2. The van der Waals surface area contributed by atoms with Crippen LogP contribution < -0.4 is 10.5 Å². The average molecular weight is 283 g/mol. The van der Waals surface area contributed by atoms with Crippen LogP contribution in [0.15, 0.2) is 48.5 Å². The van der Waals surface area contributed by atoms with E-state index < -0.39 is 0 Å². The highest BCUT2D eigenvalue weighted by molar-refractivity contribution is 6.09. The third-order valence-corrected chi connectivity index (χ3v) is 3.12. The topological polar surface area (TPSA) is 52.3 Å². The van der Waals surface area contributed by atoms with Crippen molar-refractivity contribution in [2.75, 3.05) is 6.54 Å². The minimum Gasteiger partial charge on any atom is -0.491 e. The van der Waals surface area contributed by atoms with Crippen molar-refractivity contribution < 1.29 is 9.53 Å². The van der Waals surface area contributed by atoms with Crippen LogP contribution in [0.2, 0.25) is 0 Å². The molecular formula is C18H21NO2. The number of ketones is 1. The first-order valence-electron chi connectivity index (χ1n) is 7.20. The van der Waals surface area contributed by atoms with Crippen LogP contribution in [0.3, 0.4) is 0 Å². The maximum absolute atomic E-state index is 12.5. The van der Waals surface area contributed by atoms with Gasteiger partial charge >= 0.3 is 0 Å². The molecule has 0 aliphatic rings. The highest BCUT2D eigenvalue weighted by Crippen LogP contribution is 2.18. The molecule has 0 heterocycles. The van der Waals surface area contributed by atoms with Crippen molar-refractivity contribution in [1.29, 1.82) is 0 Å². The highest BCUT2D eigenvalue weighted by atomic mass is 16.5. The van der Waals surface area contributed by atoms with Gasteiger partial charge in [0.2, 0.25) is 0 Å². The molecule has 0 atom stereocenters. The molecule has 110 valence electrons. The highest BCUT2D eigenvalue weighted by Gasteiger charge is 2.10. The Morgan fingerprint density at radius 3 is 2.43 bits per heavy atom. The number of hydrogen-bond acceptors (Lipinski definition) is 3. The van der Waals surface area contributed by atoms with E-state index in [9.17, 15) is 4.79 Å². The Bertz CT molecular complexity index is 603. The third-order valence-electron chi connectivity index (χ3n) is 3.12. The predicted molar refractivity (Wildman–Crippen MR) is 84.8 cm³/mol. The first kappa shape index (κ1) is 15.3. The van der Waals surface area contributed by atoms with Crippen molar-refractivity contribution in [3.8, 4) is 5.75 Å². The van der Waals surface area contributed by atoms with Crippen LogP contribution in [0.5, 0.6) is 5.75 Å². The quantitative estimate of drug-likeness (QED) is 0.828. The van der Waals surface area contributed by atoms with E-state index in [0.717, 1.165) is 17.7 Å². The lowest BCUT2D eigenvalue weighted by molar-refractivity contribution is 0.103. The van der Waals surface area contributed by atoms with Gasteiger partial charge in [0.25, 0.3) is 0 Å². The van der Waals surface area contributed by atoms with Crippen LogP contribution in [-0.4, -0.2) is 18.4 Å². The fourth-order valence-corrected chi connectivity index (χ4v) is 2.14. The summed E-state index contributed by atoms with van der Waals surface area (Å²) in [5, 5.41) is 0. The fraction of sp³-hybridized carbons (Fsp3) is 0.278. The molecule has 0 saturated carbocycles. The maximum Gasteiger partial charge on any atom is 0.193 e. The van der Waals surface area contributed by atoms with E-state index in [2.05, 4.69) is 0 Å². The summed E-state index contributed by atoms with van der Waals surface area (Å²) in [6.07, 6.45) is 0.914. The van der Waals surface area contributed by atoms with Crippen molar-refractivity contribution in [2.24, 2.45) is 5.73 Å². The standard InChI is InChI=1S/C18H21NO2/c1-13(2)21-17-5-3-4-16(12-17)18(20)15-8-6-14(7-9-15)10-11-19/h3-9,12-13H,10-11,19H2,1-2H3. The van der Waals surface area contributed by atoms with Crippen LogP contribution in [0.1, 0.15) is 35.3 Å². The summed E-state index contributed by atoms with van der Waals surface area (Å²) in [6.45, 7) is 4.54. The predicted octanol–water partition coefficient (Wildman–Crippen LogP) is 3.21. The summed E-state index contributed by atoms with van der Waals surface area (Å²) in [5.74, 6) is 0.721. The van der Waals surface area contributed by atoms with E-state index in [1.807, 2.05) is 56.3 Å². The molecule has 0 spiro atoms. The number of rotatable bonds is 6. The lowest BCUT2D eigenvalue weighted by atomic mass is 10.0. The van der Waals surface area contributed by atoms with E-state index in [0.29, 0.717) is 17.7 Å². The van der Waals surface area contributed by atoms with Gasteiger partial charge in [-0.3, -0.25) is 4.79 Å². The second-order valence-electron chi connectivity index (χ2n) is 5.26. The van der Waals surface area contributed by atoms with Crippen LogP contribution in [0.25, 0.3) is 0 Å². The summed E-state index contributed by atoms with van der Waals surface area (Å²) in [7, 11) is 0. The number of nitrogens with two attached hydrogens (primary N) is 1. The molecule has 0 aromatic heterocycles. The lowest BCUT2D eigenvalue weighted by Gasteiger charge is -2.10. The fourth-order valence-electron chi connectivity index (χ4n) is 2.14. The van der Waals surface area contributed by atoms with Crippen molar-refractivity contribution in [2.45, 2.75) is 26.4 Å². The molecule has 0 unspecified atom stereocenters. The molecule has 2 N–H and O–H groups in total. The Balaban J connectivity index is 2.19. The normalized spacial score (nSPS) is 10.7. The maximum atomic E-state index is 12.5. The summed E-state index contributed by atoms with van der Waals surface area (Å²) in [4.78, 5) is 12.5. The molecule has 21 heavy (non-hydrogen) atoms. The molecule has 0 bridgehead atoms. The zero-order valence-electron chi connectivity index (χ0n) is 12.5. The van der Waals surface area contributed by atoms with Crippen LogP contribution in [-0.2, 0) is 6.42 Å². The van der Waals surface area contributed by atoms with Gasteiger partial charge in [-0.2, -0.15) is 0 Å². The van der Waals surface area contributed by atoms with Crippen molar-refractivity contribution in [1.82, 2.24) is 0 Å². The van der Waals surface area contributed by atoms with Gasteiger partial charge in [-0.1, -0.05) is 36.4 Å². The second kappa shape index (κ2) is 7.04. The number of ether oxygens (including phenoxy) is 1. The van der Waals surface area contributed by atoms with Gasteiger partial charge in [-0.15, -0.1) is 0 Å². The zero-order valence-corrected chi connectivity index (χ0v) is 12.5. The Morgan fingerprint density at radius 2 is 1.81 bits per heavy atom. The van der Waals surface area contributed by atoms with E-state index in [1.165, 1.54) is 0 Å². The van der Waals surface area contributed by atoms with Gasteiger partial charge in [-0.05, 0) is 44.5 Å². The van der Waals surface area contributed by atoms with Crippen molar-refractivity contribution >= 4 is 5.78 Å². The van der Waals surface area contributed by atoms with Crippen molar-refractivity contribution in [3.63, 3.8) is 0 Å². The van der Waals surface area contributed by atoms with E-state index in [1.54, 1.807) is 6.07 Å². The molecular weight excluding hydrogens is 262 g/mol. The van der Waals surface area contributed by atoms with Gasteiger partial charge in [0.1, 0.15) is 5.75 Å². The lowest BCUT2D eigenvalue weighted by Crippen LogP contribution is -2.07. The van der Waals surface area contributed by atoms with E-state index in [-0.39, 0.29) is 11.9 Å². The molecule has 3 nitrogen and oxygen atoms in total. The molecule has 2 aromatic rings. The van der Waals surface area contributed by atoms with Gasteiger partial charge in [0.15, 0.2) is 5.78 Å². The summed E-state index contributed by atoms with van der Waals surface area (Å²) in [5.41, 5.74) is 7.99. The number of carbonyl (C=O) groups is 1. The molecule has 0 saturated heterocycles. The largest absolute Gasteiger partial charge is 0.491 e. The SMILES string of the molecule is CC(C)Oc1cccc(C(=O)c2ccc(CCN)cc2)c1. The number of benzene rings is 2. The smallest absolute Gasteiger partial charge is 0.193 e. The average Bonchev–Trinajstić information content (AvgIpc) is 2.47. The first-order chi connectivity index (χ1) is 10.1. The monoisotopic (exact) mass is 283 g/mol. The van der Waals surface area contributed by atoms with Gasteiger partial charge in [0, 0.05) is 11.1 Å². The number of carbonyl (C=O) groups excluding carboxylic acids is 1. The summed E-state index contributed by atoms with van der Waals surface area (Å²) < 4.78 is 5.63. The minimum atomic E-state index is 0.00324. The molecule has 2 aromatic carbocycles. The van der Waals surface area contributed by atoms with Gasteiger partial charge in [0.05, 0.1) is 6.10 Å². The molecule has 0 aliphatic heterocycles. The Kier molecular flexibility index (Phi) is 5.12. The summed E-state index contributed by atoms with van der Waals surface area (Å²) >= 11 is 0. The molecule has 3 heteroatoms. The minimum absolute atomic E-state index is 0.00324. The Morgan fingerprint density at radius 1 is 1.10 bits per heavy atom. The van der Waals surface area contributed by atoms with Crippen molar-refractivity contribution in [3.05, 3.63) is 65.2 Å². The Hall–Kier alpha value is -2.13. The summed E-state index contributed by atoms with van der Waals surface area (Å²) in [6, 6.07) is 14.9. The molecule has 0 aliphatic carbocycles. The third kappa shape index (κ3) is 4.17. The van der Waals surface area contributed by atoms with E-state index in [4.69, 9.17) is 10.5 Å². The molecule has 0 radical (unpaired) electrons.